The van der Waals surface area contributed by atoms with Gasteiger partial charge in [0.05, 0.1) is 0 Å². The lowest BCUT2D eigenvalue weighted by atomic mass is 10.1. The van der Waals surface area contributed by atoms with Crippen LogP contribution in [0.1, 0.15) is 37.0 Å². The minimum Gasteiger partial charge on any atom is -0.463 e. The van der Waals surface area contributed by atoms with Crippen LogP contribution in [-0.4, -0.2) is 23.5 Å². The number of anilines is 1. The van der Waals surface area contributed by atoms with Crippen LogP contribution in [0.25, 0.3) is 6.08 Å². The first-order chi connectivity index (χ1) is 12.1. The Morgan fingerprint density at radius 1 is 1.40 bits per heavy atom. The summed E-state index contributed by atoms with van der Waals surface area (Å²) in [6.45, 7) is 4.63. The number of rotatable bonds is 6. The first-order valence-corrected chi connectivity index (χ1v) is 8.13. The zero-order valence-electron chi connectivity index (χ0n) is 14.1. The number of furan rings is 1. The van der Waals surface area contributed by atoms with Gasteiger partial charge in [0.2, 0.25) is 0 Å². The zero-order chi connectivity index (χ0) is 17.8. The SMILES string of the molecule is CCc1oc([C@@H]2NC(=O)NC2=O)cc1/C=C(\C)CNc1ccccn1. The largest absolute Gasteiger partial charge is 0.463 e. The topological polar surface area (TPSA) is 96.3 Å². The number of hydrogen-bond donors (Lipinski definition) is 3. The molecule has 3 N–H and O–H groups in total. The molecular weight excluding hydrogens is 320 g/mol. The van der Waals surface area contributed by atoms with Gasteiger partial charge in [0.1, 0.15) is 17.3 Å². The van der Waals surface area contributed by atoms with Crippen LogP contribution >= 0.6 is 0 Å². The minimum atomic E-state index is -0.771. The molecule has 25 heavy (non-hydrogen) atoms. The smallest absolute Gasteiger partial charge is 0.322 e. The summed E-state index contributed by atoms with van der Waals surface area (Å²) in [5.74, 6) is 1.63. The van der Waals surface area contributed by atoms with Crippen molar-refractivity contribution in [3.05, 3.63) is 53.1 Å². The van der Waals surface area contributed by atoms with Crippen LogP contribution in [0.15, 0.2) is 40.5 Å². The number of hydrogen-bond acceptors (Lipinski definition) is 5. The van der Waals surface area contributed by atoms with Crippen LogP contribution < -0.4 is 16.0 Å². The number of imide groups is 1. The lowest BCUT2D eigenvalue weighted by Gasteiger charge is -2.05. The predicted octanol–water partition coefficient (Wildman–Crippen LogP) is 2.63. The summed E-state index contributed by atoms with van der Waals surface area (Å²) in [7, 11) is 0. The second-order valence-corrected chi connectivity index (χ2v) is 5.84. The normalized spacial score (nSPS) is 17.4. The highest BCUT2D eigenvalue weighted by atomic mass is 16.3. The highest BCUT2D eigenvalue weighted by Crippen LogP contribution is 2.25. The average molecular weight is 340 g/mol. The molecule has 2 aromatic heterocycles. The molecule has 3 amide bonds. The summed E-state index contributed by atoms with van der Waals surface area (Å²) in [5, 5.41) is 8.01. The summed E-state index contributed by atoms with van der Waals surface area (Å²) in [4.78, 5) is 27.3. The standard InChI is InChI=1S/C18H20N4O3/c1-3-13-12(8-11(2)10-20-15-6-4-5-7-19-15)9-14(25-13)16-17(23)22-18(24)21-16/h4-9,16H,3,10H2,1-2H3,(H,19,20)(H2,21,22,23,24)/b11-8+/t16-/m0/s1. The van der Waals surface area contributed by atoms with Crippen molar-refractivity contribution in [1.82, 2.24) is 15.6 Å². The summed E-state index contributed by atoms with van der Waals surface area (Å²) < 4.78 is 5.78. The first kappa shape index (κ1) is 16.8. The van der Waals surface area contributed by atoms with Gasteiger partial charge in [-0.05, 0) is 25.1 Å². The summed E-state index contributed by atoms with van der Waals surface area (Å²) >= 11 is 0. The molecule has 1 atom stereocenters. The molecule has 0 radical (unpaired) electrons. The number of urea groups is 1. The van der Waals surface area contributed by atoms with E-state index in [4.69, 9.17) is 4.42 Å². The van der Waals surface area contributed by atoms with E-state index in [9.17, 15) is 9.59 Å². The van der Waals surface area contributed by atoms with E-state index in [-0.39, 0.29) is 0 Å². The molecule has 0 spiro atoms. The quantitative estimate of drug-likeness (QED) is 0.703. The second-order valence-electron chi connectivity index (χ2n) is 5.84. The number of pyridine rings is 1. The Bertz CT molecular complexity index is 811. The number of carbonyl (C=O) groups excluding carboxylic acids is 2. The van der Waals surface area contributed by atoms with E-state index in [2.05, 4.69) is 20.9 Å². The number of carbonyl (C=O) groups is 2. The Hall–Kier alpha value is -3.09. The van der Waals surface area contributed by atoms with E-state index in [1.807, 2.05) is 38.1 Å². The van der Waals surface area contributed by atoms with Gasteiger partial charge >= 0.3 is 6.03 Å². The number of nitrogens with zero attached hydrogens (tertiary/aromatic N) is 1. The van der Waals surface area contributed by atoms with E-state index >= 15 is 0 Å². The Balaban J connectivity index is 1.74. The molecule has 1 saturated heterocycles. The molecule has 7 heteroatoms. The molecular formula is C18H20N4O3. The van der Waals surface area contributed by atoms with E-state index in [1.165, 1.54) is 0 Å². The van der Waals surface area contributed by atoms with Crippen molar-refractivity contribution in [3.8, 4) is 0 Å². The van der Waals surface area contributed by atoms with E-state index in [0.29, 0.717) is 18.7 Å². The van der Waals surface area contributed by atoms with Gasteiger partial charge in [-0.2, -0.15) is 0 Å². The highest BCUT2D eigenvalue weighted by molar-refractivity contribution is 6.04. The average Bonchev–Trinajstić information content (AvgIpc) is 3.16. The van der Waals surface area contributed by atoms with Crippen LogP contribution in [0, 0.1) is 0 Å². The van der Waals surface area contributed by atoms with Gasteiger partial charge in [-0.15, -0.1) is 0 Å². The van der Waals surface area contributed by atoms with Crippen molar-refractivity contribution in [2.75, 3.05) is 11.9 Å². The molecule has 0 aromatic carbocycles. The summed E-state index contributed by atoms with van der Waals surface area (Å²) in [6, 6.07) is 6.23. The highest BCUT2D eigenvalue weighted by Gasteiger charge is 2.33. The number of nitrogens with one attached hydrogen (secondary N) is 3. The minimum absolute atomic E-state index is 0.398. The third-order valence-corrected chi connectivity index (χ3v) is 3.86. The van der Waals surface area contributed by atoms with E-state index in [1.54, 1.807) is 12.3 Å². The monoisotopic (exact) mass is 340 g/mol. The molecule has 0 bridgehead atoms. The van der Waals surface area contributed by atoms with E-state index in [0.717, 1.165) is 22.7 Å². The van der Waals surface area contributed by atoms with Crippen molar-refractivity contribution < 1.29 is 14.0 Å². The van der Waals surface area contributed by atoms with Crippen molar-refractivity contribution >= 4 is 23.8 Å². The molecule has 3 rings (SSSR count). The molecule has 1 aliphatic heterocycles. The lowest BCUT2D eigenvalue weighted by molar-refractivity contribution is -0.120. The summed E-state index contributed by atoms with van der Waals surface area (Å²) in [5.41, 5.74) is 2.00. The van der Waals surface area contributed by atoms with Gasteiger partial charge in [-0.1, -0.05) is 24.6 Å². The van der Waals surface area contributed by atoms with Crippen LogP contribution in [-0.2, 0) is 11.2 Å². The van der Waals surface area contributed by atoms with Gasteiger partial charge < -0.3 is 15.1 Å². The fourth-order valence-corrected chi connectivity index (χ4v) is 2.64. The molecule has 0 unspecified atom stereocenters. The molecule has 2 aromatic rings. The number of aromatic nitrogens is 1. The lowest BCUT2D eigenvalue weighted by Crippen LogP contribution is -2.22. The van der Waals surface area contributed by atoms with Crippen LogP contribution in [0.3, 0.4) is 0 Å². The van der Waals surface area contributed by atoms with E-state index < -0.39 is 18.0 Å². The Labute approximate surface area is 145 Å². The maximum atomic E-state index is 11.8. The Morgan fingerprint density at radius 3 is 2.88 bits per heavy atom. The van der Waals surface area contributed by atoms with Gasteiger partial charge in [0.25, 0.3) is 5.91 Å². The maximum Gasteiger partial charge on any atom is 0.322 e. The number of aryl methyl sites for hydroxylation is 1. The molecule has 130 valence electrons. The van der Waals surface area contributed by atoms with Gasteiger partial charge in [-0.3, -0.25) is 10.1 Å². The molecule has 0 saturated carbocycles. The van der Waals surface area contributed by atoms with Gasteiger partial charge in [0, 0.05) is 24.7 Å². The third kappa shape index (κ3) is 3.88. The molecule has 3 heterocycles. The Morgan fingerprint density at radius 2 is 2.24 bits per heavy atom. The molecule has 0 aliphatic carbocycles. The van der Waals surface area contributed by atoms with Crippen molar-refractivity contribution in [3.63, 3.8) is 0 Å². The molecule has 1 fully saturated rings. The van der Waals surface area contributed by atoms with Gasteiger partial charge in [-0.25, -0.2) is 9.78 Å². The maximum absolute atomic E-state index is 11.8. The zero-order valence-corrected chi connectivity index (χ0v) is 14.1. The van der Waals surface area contributed by atoms with Gasteiger partial charge in [0.15, 0.2) is 6.04 Å². The predicted molar refractivity (Wildman–Crippen MR) is 93.9 cm³/mol. The fraction of sp³-hybridized carbons (Fsp3) is 0.278. The second kappa shape index (κ2) is 7.21. The summed E-state index contributed by atoms with van der Waals surface area (Å²) in [6.07, 6.45) is 4.44. The Kier molecular flexibility index (Phi) is 4.83. The van der Waals surface area contributed by atoms with Crippen LogP contribution in [0.4, 0.5) is 10.6 Å². The molecule has 1 aliphatic rings. The number of amides is 3. The van der Waals surface area contributed by atoms with Crippen LogP contribution in [0.2, 0.25) is 0 Å². The van der Waals surface area contributed by atoms with Crippen molar-refractivity contribution in [1.29, 1.82) is 0 Å². The van der Waals surface area contributed by atoms with Crippen LogP contribution in [0.5, 0.6) is 0 Å². The third-order valence-electron chi connectivity index (χ3n) is 3.86. The fourth-order valence-electron chi connectivity index (χ4n) is 2.64. The van der Waals surface area contributed by atoms with Crippen molar-refractivity contribution in [2.24, 2.45) is 0 Å². The molecule has 7 nitrogen and oxygen atoms in total. The van der Waals surface area contributed by atoms with Crippen molar-refractivity contribution in [2.45, 2.75) is 26.3 Å². The first-order valence-electron chi connectivity index (χ1n) is 8.13.